The largest absolute Gasteiger partial charge is 0.503 e. The van der Waals surface area contributed by atoms with Gasteiger partial charge in [-0.25, -0.2) is 0 Å². The summed E-state index contributed by atoms with van der Waals surface area (Å²) in [5, 5.41) is 12.3. The monoisotopic (exact) mass is 356 g/mol. The average Bonchev–Trinajstić information content (AvgIpc) is 3.17. The van der Waals surface area contributed by atoms with Gasteiger partial charge < -0.3 is 10.0 Å². The number of ketones is 1. The summed E-state index contributed by atoms with van der Waals surface area (Å²) in [6, 6.07) is 8.56. The lowest BCUT2D eigenvalue weighted by atomic mass is 9.94. The van der Waals surface area contributed by atoms with Crippen LogP contribution >= 0.6 is 11.3 Å². The van der Waals surface area contributed by atoms with Gasteiger partial charge in [-0.15, -0.1) is 11.3 Å². The van der Waals surface area contributed by atoms with Gasteiger partial charge in [0, 0.05) is 17.5 Å². The first-order valence-electron chi connectivity index (χ1n) is 8.19. The van der Waals surface area contributed by atoms with Crippen molar-refractivity contribution < 1.29 is 14.7 Å². The first-order chi connectivity index (χ1) is 12.0. The van der Waals surface area contributed by atoms with Crippen molar-refractivity contribution in [1.82, 2.24) is 9.88 Å². The van der Waals surface area contributed by atoms with Crippen molar-refractivity contribution in [2.75, 3.05) is 0 Å². The maximum atomic E-state index is 12.7. The van der Waals surface area contributed by atoms with Gasteiger partial charge in [0.2, 0.25) is 0 Å². The first kappa shape index (κ1) is 17.4. The second-order valence-corrected chi connectivity index (χ2v) is 7.49. The molecular formula is C19H20N2O3S. The lowest BCUT2D eigenvalue weighted by Gasteiger charge is -2.25. The maximum absolute atomic E-state index is 12.7. The van der Waals surface area contributed by atoms with Crippen molar-refractivity contribution in [1.29, 1.82) is 0 Å². The van der Waals surface area contributed by atoms with Crippen molar-refractivity contribution in [2.45, 2.75) is 32.9 Å². The Hall–Kier alpha value is -2.47. The summed E-state index contributed by atoms with van der Waals surface area (Å²) < 4.78 is 0. The van der Waals surface area contributed by atoms with E-state index in [4.69, 9.17) is 0 Å². The predicted molar refractivity (Wildman–Crippen MR) is 96.0 cm³/mol. The van der Waals surface area contributed by atoms with Crippen molar-refractivity contribution in [3.63, 3.8) is 0 Å². The van der Waals surface area contributed by atoms with Crippen molar-refractivity contribution in [3.8, 4) is 0 Å². The summed E-state index contributed by atoms with van der Waals surface area (Å²) in [5.74, 6) is -1.03. The number of rotatable bonds is 6. The minimum atomic E-state index is -0.651. The molecule has 3 heterocycles. The van der Waals surface area contributed by atoms with Crippen LogP contribution < -0.4 is 0 Å². The van der Waals surface area contributed by atoms with Gasteiger partial charge in [0.05, 0.1) is 17.8 Å². The Morgan fingerprint density at radius 2 is 2.12 bits per heavy atom. The van der Waals surface area contributed by atoms with Gasteiger partial charge >= 0.3 is 0 Å². The van der Waals surface area contributed by atoms with Gasteiger partial charge in [-0.2, -0.15) is 0 Å². The Morgan fingerprint density at radius 3 is 2.72 bits per heavy atom. The SMILES string of the molecule is CC(C)CC(=O)C1=C(O)C(=O)N(Cc2cccs2)C1c1ccccn1. The molecule has 0 spiro atoms. The van der Waals surface area contributed by atoms with Crippen LogP contribution in [0.5, 0.6) is 0 Å². The molecule has 1 atom stereocenters. The third-order valence-electron chi connectivity index (χ3n) is 4.07. The number of aliphatic hydroxyl groups is 1. The van der Waals surface area contributed by atoms with Gasteiger partial charge in [-0.1, -0.05) is 26.0 Å². The summed E-state index contributed by atoms with van der Waals surface area (Å²) in [4.78, 5) is 32.2. The zero-order valence-corrected chi connectivity index (χ0v) is 15.0. The van der Waals surface area contributed by atoms with Crippen LogP contribution in [0.3, 0.4) is 0 Å². The number of aliphatic hydroxyl groups excluding tert-OH is 1. The average molecular weight is 356 g/mol. The van der Waals surface area contributed by atoms with Crippen LogP contribution in [0.2, 0.25) is 0 Å². The fourth-order valence-corrected chi connectivity index (χ4v) is 3.70. The highest BCUT2D eigenvalue weighted by Crippen LogP contribution is 2.39. The third kappa shape index (κ3) is 3.49. The number of aromatic nitrogens is 1. The van der Waals surface area contributed by atoms with Gasteiger partial charge in [-0.05, 0) is 29.5 Å². The van der Waals surface area contributed by atoms with E-state index in [1.807, 2.05) is 37.4 Å². The van der Waals surface area contributed by atoms with E-state index in [0.29, 0.717) is 12.2 Å². The lowest BCUT2D eigenvalue weighted by molar-refractivity contribution is -0.130. The molecule has 3 rings (SSSR count). The Balaban J connectivity index is 2.02. The lowest BCUT2D eigenvalue weighted by Crippen LogP contribution is -2.31. The van der Waals surface area contributed by atoms with E-state index in [-0.39, 0.29) is 23.7 Å². The summed E-state index contributed by atoms with van der Waals surface area (Å²) in [7, 11) is 0. The molecule has 2 aromatic rings. The highest BCUT2D eigenvalue weighted by Gasteiger charge is 2.44. The maximum Gasteiger partial charge on any atom is 0.290 e. The molecule has 0 aromatic carbocycles. The van der Waals surface area contributed by atoms with Crippen LogP contribution in [0.1, 0.15) is 36.9 Å². The van der Waals surface area contributed by atoms with Gasteiger partial charge in [0.25, 0.3) is 5.91 Å². The summed E-state index contributed by atoms with van der Waals surface area (Å²) in [5.41, 5.74) is 0.748. The molecule has 2 aromatic heterocycles. The number of Topliss-reactive ketones (excluding diaryl/α,β-unsaturated/α-hetero) is 1. The third-order valence-corrected chi connectivity index (χ3v) is 4.93. The zero-order chi connectivity index (χ0) is 18.0. The summed E-state index contributed by atoms with van der Waals surface area (Å²) in [6.07, 6.45) is 1.91. The fraction of sp³-hybridized carbons (Fsp3) is 0.316. The molecule has 0 saturated carbocycles. The number of carbonyl (C=O) groups excluding carboxylic acids is 2. The topological polar surface area (TPSA) is 70.5 Å². The molecule has 0 fully saturated rings. The van der Waals surface area contributed by atoms with Crippen LogP contribution in [0.15, 0.2) is 53.2 Å². The second-order valence-electron chi connectivity index (χ2n) is 6.45. The standard InChI is InChI=1S/C19H20N2O3S/c1-12(2)10-15(22)16-17(14-7-3-4-8-20-14)21(19(24)18(16)23)11-13-6-5-9-25-13/h3-9,12,17,23H,10-11H2,1-2H3. The Kier molecular flexibility index (Phi) is 4.99. The van der Waals surface area contributed by atoms with Gasteiger partial charge in [0.15, 0.2) is 11.5 Å². The highest BCUT2D eigenvalue weighted by atomic mass is 32.1. The van der Waals surface area contributed by atoms with E-state index in [0.717, 1.165) is 4.88 Å². The van der Waals surface area contributed by atoms with Crippen molar-refractivity contribution in [2.24, 2.45) is 5.92 Å². The van der Waals surface area contributed by atoms with E-state index >= 15 is 0 Å². The molecule has 25 heavy (non-hydrogen) atoms. The Labute approximate surface area is 150 Å². The molecule has 0 radical (unpaired) electrons. The predicted octanol–water partition coefficient (Wildman–Crippen LogP) is 3.65. The van der Waals surface area contributed by atoms with Crippen LogP contribution in [0, 0.1) is 5.92 Å². The van der Waals surface area contributed by atoms with Crippen LogP contribution in [0.25, 0.3) is 0 Å². The second kappa shape index (κ2) is 7.19. The summed E-state index contributed by atoms with van der Waals surface area (Å²) >= 11 is 1.53. The number of nitrogens with zero attached hydrogens (tertiary/aromatic N) is 2. The van der Waals surface area contributed by atoms with E-state index in [2.05, 4.69) is 4.98 Å². The van der Waals surface area contributed by atoms with Gasteiger partial charge in [0.1, 0.15) is 6.04 Å². The molecule has 1 aliphatic heterocycles. The van der Waals surface area contributed by atoms with E-state index in [1.54, 1.807) is 18.3 Å². The van der Waals surface area contributed by atoms with Gasteiger partial charge in [-0.3, -0.25) is 14.6 Å². The van der Waals surface area contributed by atoms with E-state index in [1.165, 1.54) is 16.2 Å². The number of hydrogen-bond acceptors (Lipinski definition) is 5. The highest BCUT2D eigenvalue weighted by molar-refractivity contribution is 7.09. The molecule has 0 saturated heterocycles. The molecule has 1 amide bonds. The smallest absolute Gasteiger partial charge is 0.290 e. The van der Waals surface area contributed by atoms with Crippen molar-refractivity contribution in [3.05, 3.63) is 63.8 Å². The normalized spacial score (nSPS) is 17.6. The minimum Gasteiger partial charge on any atom is -0.503 e. The molecule has 1 N–H and O–H groups in total. The molecular weight excluding hydrogens is 336 g/mol. The number of amides is 1. The quantitative estimate of drug-likeness (QED) is 0.857. The molecule has 5 nitrogen and oxygen atoms in total. The zero-order valence-electron chi connectivity index (χ0n) is 14.2. The van der Waals surface area contributed by atoms with Crippen LogP contribution in [-0.2, 0) is 16.1 Å². The number of pyridine rings is 1. The molecule has 6 heteroatoms. The molecule has 1 unspecified atom stereocenters. The molecule has 130 valence electrons. The Bertz CT molecular complexity index is 797. The molecule has 0 bridgehead atoms. The van der Waals surface area contributed by atoms with E-state index < -0.39 is 17.7 Å². The van der Waals surface area contributed by atoms with Crippen molar-refractivity contribution >= 4 is 23.0 Å². The van der Waals surface area contributed by atoms with E-state index in [9.17, 15) is 14.7 Å². The fourth-order valence-electron chi connectivity index (χ4n) is 3.00. The minimum absolute atomic E-state index is 0.138. The number of carbonyl (C=O) groups is 2. The number of thiophene rings is 1. The molecule has 0 aliphatic carbocycles. The number of hydrogen-bond donors (Lipinski definition) is 1. The Morgan fingerprint density at radius 1 is 1.32 bits per heavy atom. The van der Waals surface area contributed by atoms with Crippen LogP contribution in [0.4, 0.5) is 0 Å². The van der Waals surface area contributed by atoms with Crippen LogP contribution in [-0.4, -0.2) is 26.7 Å². The first-order valence-corrected chi connectivity index (χ1v) is 9.07. The molecule has 1 aliphatic rings. The summed E-state index contributed by atoms with van der Waals surface area (Å²) in [6.45, 7) is 4.21.